The van der Waals surface area contributed by atoms with Gasteiger partial charge in [-0.15, -0.1) is 0 Å². The Kier molecular flexibility index (Phi) is 5.25. The molecule has 1 atom stereocenters. The lowest BCUT2D eigenvalue weighted by Gasteiger charge is -2.40. The molecule has 1 N–H and O–H groups in total. The van der Waals surface area contributed by atoms with Gasteiger partial charge < -0.3 is 19.6 Å². The van der Waals surface area contributed by atoms with E-state index in [9.17, 15) is 19.1 Å². The fourth-order valence-corrected chi connectivity index (χ4v) is 2.73. The monoisotopic (exact) mass is 352 g/mol. The molecule has 25 heavy (non-hydrogen) atoms. The second-order valence-corrected chi connectivity index (χ2v) is 7.39. The molecule has 0 aromatic heterocycles. The normalized spacial score (nSPS) is 18.2. The van der Waals surface area contributed by atoms with Gasteiger partial charge in [-0.25, -0.2) is 9.18 Å². The number of halogens is 1. The first-order chi connectivity index (χ1) is 11.5. The maximum absolute atomic E-state index is 14.1. The van der Waals surface area contributed by atoms with Gasteiger partial charge in [0.15, 0.2) is 0 Å². The summed E-state index contributed by atoms with van der Waals surface area (Å²) in [6.45, 7) is 9.62. The molecule has 1 heterocycles. The van der Waals surface area contributed by atoms with Gasteiger partial charge in [-0.1, -0.05) is 0 Å². The second kappa shape index (κ2) is 6.90. The highest BCUT2D eigenvalue weighted by atomic mass is 19.1. The summed E-state index contributed by atoms with van der Waals surface area (Å²) in [4.78, 5) is 27.8. The van der Waals surface area contributed by atoms with E-state index in [4.69, 9.17) is 4.74 Å². The molecule has 0 saturated carbocycles. The van der Waals surface area contributed by atoms with Crippen LogP contribution in [0.3, 0.4) is 0 Å². The molecule has 0 unspecified atom stereocenters. The molecule has 6 nitrogen and oxygen atoms in total. The fourth-order valence-electron chi connectivity index (χ4n) is 2.73. The van der Waals surface area contributed by atoms with Crippen molar-refractivity contribution in [1.29, 1.82) is 0 Å². The molecule has 2 rings (SSSR count). The first-order valence-corrected chi connectivity index (χ1v) is 8.27. The third-order valence-corrected chi connectivity index (χ3v) is 4.06. The first kappa shape index (κ1) is 19.0. The highest BCUT2D eigenvalue weighted by Crippen LogP contribution is 2.24. The van der Waals surface area contributed by atoms with Crippen LogP contribution in [0.15, 0.2) is 12.1 Å². The van der Waals surface area contributed by atoms with Gasteiger partial charge in [0.2, 0.25) is 0 Å². The number of amides is 2. The van der Waals surface area contributed by atoms with E-state index in [-0.39, 0.29) is 23.9 Å². The number of phenolic OH excluding ortho intramolecular Hbond substituents is 1. The Morgan fingerprint density at radius 2 is 1.92 bits per heavy atom. The number of carbonyl (C=O) groups is 2. The summed E-state index contributed by atoms with van der Waals surface area (Å²) < 4.78 is 19.5. The first-order valence-electron chi connectivity index (χ1n) is 8.27. The Hall–Kier alpha value is -2.31. The number of hydrogen-bond acceptors (Lipinski definition) is 4. The second-order valence-electron chi connectivity index (χ2n) is 7.39. The number of piperazine rings is 1. The molecule has 7 heteroatoms. The quantitative estimate of drug-likeness (QED) is 0.844. The number of nitrogens with zero attached hydrogens (tertiary/aromatic N) is 2. The third-order valence-electron chi connectivity index (χ3n) is 4.06. The highest BCUT2D eigenvalue weighted by molar-refractivity contribution is 5.95. The van der Waals surface area contributed by atoms with Gasteiger partial charge in [0.05, 0.1) is 5.56 Å². The average molecular weight is 352 g/mol. The van der Waals surface area contributed by atoms with Crippen molar-refractivity contribution in [3.8, 4) is 5.75 Å². The van der Waals surface area contributed by atoms with Gasteiger partial charge in [0.25, 0.3) is 5.91 Å². The van der Waals surface area contributed by atoms with Crippen molar-refractivity contribution in [1.82, 2.24) is 9.80 Å². The van der Waals surface area contributed by atoms with Crippen molar-refractivity contribution in [2.45, 2.75) is 46.3 Å². The molecule has 1 aliphatic heterocycles. The lowest BCUT2D eigenvalue weighted by molar-refractivity contribution is 0.00607. The zero-order valence-corrected chi connectivity index (χ0v) is 15.3. The van der Waals surface area contributed by atoms with Gasteiger partial charge in [-0.3, -0.25) is 4.79 Å². The number of aryl methyl sites for hydroxylation is 1. The van der Waals surface area contributed by atoms with Crippen LogP contribution in [0.25, 0.3) is 0 Å². The van der Waals surface area contributed by atoms with Crippen LogP contribution in [-0.4, -0.2) is 58.2 Å². The smallest absolute Gasteiger partial charge is 0.410 e. The molecule has 2 amide bonds. The van der Waals surface area contributed by atoms with Crippen molar-refractivity contribution in [3.63, 3.8) is 0 Å². The highest BCUT2D eigenvalue weighted by Gasteiger charge is 2.33. The van der Waals surface area contributed by atoms with Gasteiger partial charge in [0.1, 0.15) is 17.2 Å². The van der Waals surface area contributed by atoms with E-state index in [2.05, 4.69) is 0 Å². The maximum atomic E-state index is 14.1. The lowest BCUT2D eigenvalue weighted by Crippen LogP contribution is -2.56. The number of phenols is 1. The number of hydrogen-bond donors (Lipinski definition) is 1. The van der Waals surface area contributed by atoms with Crippen LogP contribution in [-0.2, 0) is 4.74 Å². The number of benzene rings is 1. The van der Waals surface area contributed by atoms with Crippen LogP contribution >= 0.6 is 0 Å². The van der Waals surface area contributed by atoms with E-state index in [1.54, 1.807) is 39.5 Å². The summed E-state index contributed by atoms with van der Waals surface area (Å²) >= 11 is 0. The summed E-state index contributed by atoms with van der Waals surface area (Å²) in [5.74, 6) is -1.28. The minimum absolute atomic E-state index is 0.121. The van der Waals surface area contributed by atoms with Crippen molar-refractivity contribution < 1.29 is 23.8 Å². The molecule has 1 aromatic rings. The molecule has 1 aromatic carbocycles. The predicted molar refractivity (Wildman–Crippen MR) is 91.1 cm³/mol. The van der Waals surface area contributed by atoms with Crippen molar-refractivity contribution in [2.24, 2.45) is 0 Å². The Morgan fingerprint density at radius 1 is 1.28 bits per heavy atom. The number of rotatable bonds is 1. The Morgan fingerprint density at radius 3 is 2.48 bits per heavy atom. The zero-order chi connectivity index (χ0) is 18.9. The van der Waals surface area contributed by atoms with Gasteiger partial charge in [-0.05, 0) is 52.3 Å². The molecule has 0 spiro atoms. The summed E-state index contributed by atoms with van der Waals surface area (Å²) in [6, 6.07) is 2.00. The molecular weight excluding hydrogens is 327 g/mol. The summed E-state index contributed by atoms with van der Waals surface area (Å²) in [5.41, 5.74) is -0.381. The van der Waals surface area contributed by atoms with Crippen LogP contribution < -0.4 is 0 Å². The number of aromatic hydroxyl groups is 1. The van der Waals surface area contributed by atoms with Gasteiger partial charge in [0, 0.05) is 25.7 Å². The van der Waals surface area contributed by atoms with E-state index in [1.165, 1.54) is 4.90 Å². The molecule has 0 bridgehead atoms. The lowest BCUT2D eigenvalue weighted by atomic mass is 10.1. The summed E-state index contributed by atoms with van der Waals surface area (Å²) in [5, 5.41) is 9.75. The van der Waals surface area contributed by atoms with E-state index >= 15 is 0 Å². The fraction of sp³-hybridized carbons (Fsp3) is 0.556. The summed E-state index contributed by atoms with van der Waals surface area (Å²) in [7, 11) is 0. The molecule has 138 valence electrons. The van der Waals surface area contributed by atoms with Crippen LogP contribution in [0.1, 0.15) is 43.6 Å². The van der Waals surface area contributed by atoms with Crippen LogP contribution in [0, 0.1) is 12.7 Å². The number of carbonyl (C=O) groups excluding carboxylic acids is 2. The molecule has 1 fully saturated rings. The van der Waals surface area contributed by atoms with Crippen molar-refractivity contribution >= 4 is 12.0 Å². The summed E-state index contributed by atoms with van der Waals surface area (Å²) in [6.07, 6.45) is -0.425. The Balaban J connectivity index is 2.10. The largest absolute Gasteiger partial charge is 0.508 e. The number of ether oxygens (including phenoxy) is 1. The van der Waals surface area contributed by atoms with E-state index < -0.39 is 23.4 Å². The minimum atomic E-state index is -0.665. The van der Waals surface area contributed by atoms with E-state index in [1.807, 2.05) is 0 Å². The molecule has 1 saturated heterocycles. The Bertz CT molecular complexity index is 684. The third kappa shape index (κ3) is 4.41. The predicted octanol–water partition coefficient (Wildman–Crippen LogP) is 2.92. The van der Waals surface area contributed by atoms with Crippen LogP contribution in [0.5, 0.6) is 5.75 Å². The van der Waals surface area contributed by atoms with Gasteiger partial charge >= 0.3 is 6.09 Å². The molecule has 1 aliphatic rings. The SMILES string of the molecule is Cc1cc(F)c(C(=O)N2CCN(C(=O)OC(C)(C)C)C[C@H]2C)cc1O. The van der Waals surface area contributed by atoms with Crippen LogP contribution in [0.4, 0.5) is 9.18 Å². The molecular formula is C18H25FN2O4. The maximum Gasteiger partial charge on any atom is 0.410 e. The Labute approximate surface area is 147 Å². The van der Waals surface area contributed by atoms with E-state index in [0.29, 0.717) is 18.7 Å². The van der Waals surface area contributed by atoms with E-state index in [0.717, 1.165) is 12.1 Å². The standard InChI is InChI=1S/C18H25FN2O4/c1-11-8-14(19)13(9-15(11)22)16(23)21-7-6-20(10-12(21)2)17(24)25-18(3,4)5/h8-9,12,22H,6-7,10H2,1-5H3/t12-/m1/s1. The molecule has 0 aliphatic carbocycles. The topological polar surface area (TPSA) is 70.1 Å². The average Bonchev–Trinajstić information content (AvgIpc) is 2.48. The minimum Gasteiger partial charge on any atom is -0.508 e. The van der Waals surface area contributed by atoms with Crippen molar-refractivity contribution in [2.75, 3.05) is 19.6 Å². The molecule has 0 radical (unpaired) electrons. The zero-order valence-electron chi connectivity index (χ0n) is 15.3. The van der Waals surface area contributed by atoms with Crippen molar-refractivity contribution in [3.05, 3.63) is 29.1 Å². The van der Waals surface area contributed by atoms with Gasteiger partial charge in [-0.2, -0.15) is 0 Å². The van der Waals surface area contributed by atoms with Crippen LogP contribution in [0.2, 0.25) is 0 Å².